The summed E-state index contributed by atoms with van der Waals surface area (Å²) in [5.74, 6) is -0.661. The number of pyridine rings is 2. The number of benzene rings is 1. The van der Waals surface area contributed by atoms with Gasteiger partial charge in [0.2, 0.25) is 5.88 Å². The first-order valence-corrected chi connectivity index (χ1v) is 20.3. The molecule has 0 unspecified atom stereocenters. The number of anilines is 1. The summed E-state index contributed by atoms with van der Waals surface area (Å²) in [6.45, 7) is 6.52. The zero-order valence-corrected chi connectivity index (χ0v) is 31.8. The number of nitrogens with two attached hydrogens (primary N) is 1. The molecule has 284 valence electrons. The monoisotopic (exact) mass is 745 g/mol. The van der Waals surface area contributed by atoms with E-state index < -0.39 is 51.6 Å². The van der Waals surface area contributed by atoms with E-state index in [2.05, 4.69) is 26.8 Å². The highest BCUT2D eigenvalue weighted by molar-refractivity contribution is 7.90. The van der Waals surface area contributed by atoms with E-state index in [1.807, 2.05) is 45.2 Å². The van der Waals surface area contributed by atoms with E-state index in [0.717, 1.165) is 60.8 Å². The average Bonchev–Trinajstić information content (AvgIpc) is 3.90. The Hall–Kier alpha value is -4.07. The summed E-state index contributed by atoms with van der Waals surface area (Å²) in [6.07, 6.45) is 7.90. The number of aromatic nitrogens is 2. The van der Waals surface area contributed by atoms with Crippen LogP contribution in [0.2, 0.25) is 0 Å². The summed E-state index contributed by atoms with van der Waals surface area (Å²) < 4.78 is 48.6. The van der Waals surface area contributed by atoms with E-state index in [1.165, 1.54) is 24.6 Å². The van der Waals surface area contributed by atoms with Gasteiger partial charge in [-0.15, -0.1) is 0 Å². The summed E-state index contributed by atoms with van der Waals surface area (Å²) in [5.41, 5.74) is 9.07. The number of hydrogen-bond acceptors (Lipinski definition) is 10. The maximum atomic E-state index is 15.0. The van der Waals surface area contributed by atoms with Crippen molar-refractivity contribution in [3.8, 4) is 5.88 Å². The second-order valence-corrected chi connectivity index (χ2v) is 17.6. The molecular weight excluding hydrogens is 695 g/mol. The lowest BCUT2D eigenvalue weighted by molar-refractivity contribution is -0.154. The highest BCUT2D eigenvalue weighted by atomic mass is 32.2. The summed E-state index contributed by atoms with van der Waals surface area (Å²) >= 11 is 0. The number of nitrogen functional groups attached to an aromatic ring is 1. The summed E-state index contributed by atoms with van der Waals surface area (Å²) in [6, 6.07) is 12.4. The molecule has 0 radical (unpaired) electrons. The van der Waals surface area contributed by atoms with Gasteiger partial charge in [-0.05, 0) is 97.1 Å². The first kappa shape index (κ1) is 37.3. The second-order valence-electron chi connectivity index (χ2n) is 16.0. The van der Waals surface area contributed by atoms with E-state index in [-0.39, 0.29) is 23.4 Å². The van der Waals surface area contributed by atoms with Crippen molar-refractivity contribution in [3.63, 3.8) is 0 Å². The van der Waals surface area contributed by atoms with Crippen molar-refractivity contribution in [1.82, 2.24) is 19.6 Å². The van der Waals surface area contributed by atoms with Gasteiger partial charge >= 0.3 is 0 Å². The summed E-state index contributed by atoms with van der Waals surface area (Å²) in [5, 5.41) is -0.390. The Kier molecular flexibility index (Phi) is 10.5. The molecule has 4 heterocycles. The number of nitrogens with zero attached hydrogens (tertiary/aromatic N) is 3. The van der Waals surface area contributed by atoms with Gasteiger partial charge in [-0.2, -0.15) is 8.42 Å². The summed E-state index contributed by atoms with van der Waals surface area (Å²) in [7, 11) is -2.89. The molecule has 2 aliphatic carbocycles. The lowest BCUT2D eigenvalue weighted by Crippen LogP contribution is -2.55. The molecule has 3 N–H and O–H groups in total. The van der Waals surface area contributed by atoms with Gasteiger partial charge in [0.15, 0.2) is 5.03 Å². The third kappa shape index (κ3) is 7.65. The maximum absolute atomic E-state index is 15.0. The molecule has 0 spiro atoms. The molecule has 1 aromatic carbocycles. The van der Waals surface area contributed by atoms with Crippen LogP contribution in [0.5, 0.6) is 5.88 Å². The molecule has 7 rings (SSSR count). The van der Waals surface area contributed by atoms with Crippen LogP contribution in [0.1, 0.15) is 112 Å². The SMILES string of the molecule is COc1ncc(C2CCC2)cc1CO[C@H]1[C@H](C(C)(C)C)[C@@H](C(=O)NS(=O)(=O)c2cccc(N)n2)N(C(=O)[C@@H]2CCCCO2)[C@H]1c1ccccc1C1CC1. The minimum atomic E-state index is -4.47. The van der Waals surface area contributed by atoms with Crippen LogP contribution in [-0.2, 0) is 35.7 Å². The van der Waals surface area contributed by atoms with Crippen LogP contribution in [0.15, 0.2) is 59.8 Å². The Morgan fingerprint density at radius 1 is 0.981 bits per heavy atom. The van der Waals surface area contributed by atoms with Crippen molar-refractivity contribution in [2.24, 2.45) is 11.3 Å². The third-order valence-electron chi connectivity index (χ3n) is 11.3. The van der Waals surface area contributed by atoms with Gasteiger partial charge in [-0.25, -0.2) is 14.7 Å². The minimum Gasteiger partial charge on any atom is -0.481 e. The highest BCUT2D eigenvalue weighted by Gasteiger charge is 2.60. The predicted molar refractivity (Wildman–Crippen MR) is 198 cm³/mol. The van der Waals surface area contributed by atoms with E-state index in [0.29, 0.717) is 30.7 Å². The molecule has 2 aliphatic heterocycles. The molecule has 2 saturated heterocycles. The topological polar surface area (TPSA) is 163 Å². The second kappa shape index (κ2) is 15.0. The Morgan fingerprint density at radius 2 is 1.74 bits per heavy atom. The van der Waals surface area contributed by atoms with Crippen molar-refractivity contribution < 1.29 is 32.2 Å². The average molecular weight is 746 g/mol. The van der Waals surface area contributed by atoms with E-state index in [1.54, 1.807) is 12.0 Å². The highest BCUT2D eigenvalue weighted by Crippen LogP contribution is 2.53. The van der Waals surface area contributed by atoms with Crippen LogP contribution >= 0.6 is 0 Å². The van der Waals surface area contributed by atoms with Gasteiger partial charge in [-0.1, -0.05) is 57.5 Å². The van der Waals surface area contributed by atoms with Crippen molar-refractivity contribution >= 4 is 27.7 Å². The standard InChI is InChI=1S/C40H51N5O7S/c1-40(2,3)33-35(37(46)44-53(48,49)32-17-10-16-31(41)43-32)45(39(47)30-15-7-8-20-51-30)34(29-14-6-5-13-28(29)25-18-19-25)36(33)52-23-27-21-26(24-11-9-12-24)22-42-38(27)50-4/h5-6,10,13-14,16-17,21-22,24-25,30,33-36H,7-9,11-12,15,18-20,23H2,1-4H3,(H2,41,43)(H,44,46)/t30-,33+,34-,35-,36-/m0/s1. The molecule has 4 aliphatic rings. The van der Waals surface area contributed by atoms with Crippen molar-refractivity contribution in [1.29, 1.82) is 0 Å². The minimum absolute atomic E-state index is 0.00323. The number of carbonyl (C=O) groups excluding carboxylic acids is 2. The normalized spacial score (nSPS) is 25.1. The van der Waals surface area contributed by atoms with Gasteiger partial charge < -0.3 is 24.8 Å². The Labute approximate surface area is 312 Å². The third-order valence-corrected chi connectivity index (χ3v) is 12.6. The quantitative estimate of drug-likeness (QED) is 0.246. The number of sulfonamides is 1. The number of hydrogen-bond donors (Lipinski definition) is 2. The Bertz CT molecular complexity index is 1940. The first-order valence-electron chi connectivity index (χ1n) is 18.8. The molecule has 12 nitrogen and oxygen atoms in total. The van der Waals surface area contributed by atoms with Crippen molar-refractivity contribution in [2.75, 3.05) is 19.5 Å². The van der Waals surface area contributed by atoms with Crippen LogP contribution in [0.3, 0.4) is 0 Å². The van der Waals surface area contributed by atoms with Crippen LogP contribution in [-0.4, -0.2) is 67.1 Å². The first-order chi connectivity index (χ1) is 25.4. The van der Waals surface area contributed by atoms with E-state index in [4.69, 9.17) is 19.9 Å². The van der Waals surface area contributed by atoms with Crippen LogP contribution < -0.4 is 15.2 Å². The van der Waals surface area contributed by atoms with Crippen LogP contribution in [0, 0.1) is 11.3 Å². The number of nitrogens with one attached hydrogen (secondary N) is 1. The summed E-state index contributed by atoms with van der Waals surface area (Å²) in [4.78, 5) is 40.0. The maximum Gasteiger partial charge on any atom is 0.281 e. The fourth-order valence-corrected chi connectivity index (χ4v) is 9.33. The number of methoxy groups -OCH3 is 1. The molecule has 2 amide bonds. The van der Waals surface area contributed by atoms with Gasteiger partial charge in [0.25, 0.3) is 21.8 Å². The molecule has 5 atom stereocenters. The zero-order chi connectivity index (χ0) is 37.5. The Balaban J connectivity index is 1.36. The molecular formula is C40H51N5O7S. The molecule has 0 bridgehead atoms. The van der Waals surface area contributed by atoms with Gasteiger partial charge in [0.1, 0.15) is 18.0 Å². The number of amides is 2. The van der Waals surface area contributed by atoms with Gasteiger partial charge in [0, 0.05) is 24.3 Å². The lowest BCUT2D eigenvalue weighted by Gasteiger charge is -2.37. The number of ether oxygens (including phenoxy) is 3. The molecule has 2 aromatic heterocycles. The zero-order valence-electron chi connectivity index (χ0n) is 31.0. The lowest BCUT2D eigenvalue weighted by atomic mass is 9.73. The van der Waals surface area contributed by atoms with Crippen LogP contribution in [0.25, 0.3) is 0 Å². The molecule has 2 saturated carbocycles. The smallest absolute Gasteiger partial charge is 0.281 e. The Morgan fingerprint density at radius 3 is 2.36 bits per heavy atom. The van der Waals surface area contributed by atoms with E-state index >= 15 is 0 Å². The number of rotatable bonds is 11. The van der Waals surface area contributed by atoms with Gasteiger partial charge in [-0.3, -0.25) is 9.59 Å². The van der Waals surface area contributed by atoms with Crippen LogP contribution in [0.4, 0.5) is 5.82 Å². The van der Waals surface area contributed by atoms with Gasteiger partial charge in [0.05, 0.1) is 25.9 Å². The molecule has 3 aromatic rings. The largest absolute Gasteiger partial charge is 0.481 e. The number of likely N-dealkylation sites (tertiary alicyclic amines) is 1. The predicted octanol–water partition coefficient (Wildman–Crippen LogP) is 5.79. The fourth-order valence-electron chi connectivity index (χ4n) is 8.36. The van der Waals surface area contributed by atoms with E-state index in [9.17, 15) is 18.0 Å². The number of carbonyl (C=O) groups is 2. The van der Waals surface area contributed by atoms with Crippen molar-refractivity contribution in [3.05, 3.63) is 77.0 Å². The molecule has 4 fully saturated rings. The molecule has 13 heteroatoms. The molecule has 53 heavy (non-hydrogen) atoms. The fraction of sp³-hybridized carbons (Fsp3) is 0.550. The van der Waals surface area contributed by atoms with Crippen molar-refractivity contribution in [2.45, 2.75) is 120 Å².